The predicted molar refractivity (Wildman–Crippen MR) is 70.8 cm³/mol. The lowest BCUT2D eigenvalue weighted by atomic mass is 10.0. The van der Waals surface area contributed by atoms with Crippen molar-refractivity contribution in [3.8, 4) is 5.75 Å². The molecule has 4 unspecified atom stereocenters. The third kappa shape index (κ3) is 2.69. The average molecular weight is 253 g/mol. The average Bonchev–Trinajstić information content (AvgIpc) is 2.34. The first-order valence-corrected chi connectivity index (χ1v) is 7.27. The van der Waals surface area contributed by atoms with E-state index in [9.17, 15) is 4.21 Å². The van der Waals surface area contributed by atoms with Crippen LogP contribution in [0, 0.1) is 0 Å². The van der Waals surface area contributed by atoms with Crippen LogP contribution in [0.5, 0.6) is 5.75 Å². The maximum Gasteiger partial charge on any atom is 0.118 e. The number of nitrogens with one attached hydrogen (secondary N) is 1. The van der Waals surface area contributed by atoms with Crippen LogP contribution >= 0.6 is 0 Å². The predicted octanol–water partition coefficient (Wildman–Crippen LogP) is 1.87. The SMILES string of the molecule is COc1ccc(C2NC(C)CS(=O)C2C)cc1. The van der Waals surface area contributed by atoms with Crippen molar-refractivity contribution in [2.75, 3.05) is 12.9 Å². The van der Waals surface area contributed by atoms with E-state index in [0.717, 1.165) is 11.5 Å². The standard InChI is InChI=1S/C13H19NO2S/c1-9-8-17(15)10(2)13(14-9)11-4-6-12(16-3)7-5-11/h4-7,9-10,13-14H,8H2,1-3H3. The van der Waals surface area contributed by atoms with Crippen LogP contribution in [0.4, 0.5) is 0 Å². The highest BCUT2D eigenvalue weighted by molar-refractivity contribution is 7.85. The van der Waals surface area contributed by atoms with Crippen molar-refractivity contribution in [2.45, 2.75) is 31.2 Å². The molecule has 1 aromatic rings. The van der Waals surface area contributed by atoms with E-state index >= 15 is 0 Å². The Hall–Kier alpha value is -0.870. The van der Waals surface area contributed by atoms with Gasteiger partial charge in [0.1, 0.15) is 5.75 Å². The van der Waals surface area contributed by atoms with Crippen molar-refractivity contribution in [3.63, 3.8) is 0 Å². The fraction of sp³-hybridized carbons (Fsp3) is 0.538. The van der Waals surface area contributed by atoms with Crippen LogP contribution < -0.4 is 10.1 Å². The van der Waals surface area contributed by atoms with Gasteiger partial charge in [0.25, 0.3) is 0 Å². The smallest absolute Gasteiger partial charge is 0.118 e. The quantitative estimate of drug-likeness (QED) is 0.874. The second kappa shape index (κ2) is 5.19. The van der Waals surface area contributed by atoms with E-state index in [4.69, 9.17) is 4.74 Å². The van der Waals surface area contributed by atoms with E-state index < -0.39 is 10.8 Å². The Bertz CT molecular complexity index is 404. The Morgan fingerprint density at radius 1 is 1.29 bits per heavy atom. The topological polar surface area (TPSA) is 38.3 Å². The van der Waals surface area contributed by atoms with E-state index in [-0.39, 0.29) is 11.3 Å². The molecule has 0 amide bonds. The van der Waals surface area contributed by atoms with Crippen LogP contribution in [-0.2, 0) is 10.8 Å². The maximum atomic E-state index is 12.0. The van der Waals surface area contributed by atoms with Crippen molar-refractivity contribution in [3.05, 3.63) is 29.8 Å². The Balaban J connectivity index is 2.21. The zero-order valence-electron chi connectivity index (χ0n) is 10.5. The van der Waals surface area contributed by atoms with Crippen LogP contribution in [0.25, 0.3) is 0 Å². The van der Waals surface area contributed by atoms with Gasteiger partial charge in [-0.25, -0.2) is 0 Å². The minimum absolute atomic E-state index is 0.152. The fourth-order valence-electron chi connectivity index (χ4n) is 2.22. The summed E-state index contributed by atoms with van der Waals surface area (Å²) < 4.78 is 17.1. The third-order valence-corrected chi connectivity index (χ3v) is 5.17. The molecule has 94 valence electrons. The molecule has 1 heterocycles. The van der Waals surface area contributed by atoms with Crippen molar-refractivity contribution < 1.29 is 8.95 Å². The van der Waals surface area contributed by atoms with Crippen molar-refractivity contribution in [2.24, 2.45) is 0 Å². The molecular weight excluding hydrogens is 234 g/mol. The summed E-state index contributed by atoms with van der Waals surface area (Å²) in [6.45, 7) is 4.13. The summed E-state index contributed by atoms with van der Waals surface area (Å²) in [7, 11) is 0.914. The molecule has 1 aromatic carbocycles. The highest BCUT2D eigenvalue weighted by Gasteiger charge is 2.31. The lowest BCUT2D eigenvalue weighted by molar-refractivity contribution is 0.413. The van der Waals surface area contributed by atoms with Crippen LogP contribution in [0.1, 0.15) is 25.5 Å². The Morgan fingerprint density at radius 2 is 1.94 bits per heavy atom. The van der Waals surface area contributed by atoms with Gasteiger partial charge in [-0.3, -0.25) is 4.21 Å². The molecule has 1 N–H and O–H groups in total. The largest absolute Gasteiger partial charge is 0.497 e. The molecule has 0 bridgehead atoms. The maximum absolute atomic E-state index is 12.0. The normalized spacial score (nSPS) is 33.4. The van der Waals surface area contributed by atoms with Crippen molar-refractivity contribution in [1.82, 2.24) is 5.32 Å². The van der Waals surface area contributed by atoms with Gasteiger partial charge in [0, 0.05) is 28.6 Å². The van der Waals surface area contributed by atoms with Crippen LogP contribution in [-0.4, -0.2) is 28.4 Å². The number of ether oxygens (including phenoxy) is 1. The minimum Gasteiger partial charge on any atom is -0.497 e. The van der Waals surface area contributed by atoms with Crippen molar-refractivity contribution >= 4 is 10.8 Å². The summed E-state index contributed by atoms with van der Waals surface area (Å²) in [6.07, 6.45) is 0. The first-order valence-electron chi connectivity index (χ1n) is 5.89. The Morgan fingerprint density at radius 3 is 2.53 bits per heavy atom. The number of hydrogen-bond acceptors (Lipinski definition) is 3. The highest BCUT2D eigenvalue weighted by Crippen LogP contribution is 2.26. The van der Waals surface area contributed by atoms with Gasteiger partial charge in [0.15, 0.2) is 0 Å². The Labute approximate surface area is 105 Å². The van der Waals surface area contributed by atoms with Gasteiger partial charge < -0.3 is 10.1 Å². The van der Waals surface area contributed by atoms with Gasteiger partial charge in [-0.1, -0.05) is 12.1 Å². The summed E-state index contributed by atoms with van der Waals surface area (Å²) in [5, 5.41) is 3.67. The summed E-state index contributed by atoms with van der Waals surface area (Å²) in [5.74, 6) is 1.60. The van der Waals surface area contributed by atoms with Gasteiger partial charge in [-0.05, 0) is 31.5 Å². The molecule has 0 radical (unpaired) electrons. The van der Waals surface area contributed by atoms with Gasteiger partial charge in [0.2, 0.25) is 0 Å². The van der Waals surface area contributed by atoms with Gasteiger partial charge in [-0.2, -0.15) is 0 Å². The zero-order valence-corrected chi connectivity index (χ0v) is 11.3. The van der Waals surface area contributed by atoms with E-state index in [1.165, 1.54) is 5.56 Å². The molecule has 2 rings (SSSR count). The van der Waals surface area contributed by atoms with Crippen molar-refractivity contribution in [1.29, 1.82) is 0 Å². The molecule has 1 aliphatic rings. The van der Waals surface area contributed by atoms with Crippen LogP contribution in [0.3, 0.4) is 0 Å². The molecule has 0 saturated carbocycles. The fourth-order valence-corrected chi connectivity index (χ4v) is 3.65. The lowest BCUT2D eigenvalue weighted by Gasteiger charge is -2.34. The van der Waals surface area contributed by atoms with Crippen LogP contribution in [0.15, 0.2) is 24.3 Å². The molecule has 0 spiro atoms. The molecule has 3 nitrogen and oxygen atoms in total. The molecular formula is C13H19NO2S. The summed E-state index contributed by atoms with van der Waals surface area (Å²) in [5.41, 5.74) is 1.18. The molecule has 17 heavy (non-hydrogen) atoms. The molecule has 0 aliphatic carbocycles. The summed E-state index contributed by atoms with van der Waals surface area (Å²) in [4.78, 5) is 0. The zero-order chi connectivity index (χ0) is 12.4. The Kier molecular flexibility index (Phi) is 3.84. The second-order valence-corrected chi connectivity index (χ2v) is 6.41. The van der Waals surface area contributed by atoms with E-state index in [1.54, 1.807) is 7.11 Å². The molecule has 1 fully saturated rings. The molecule has 1 aliphatic heterocycles. The monoisotopic (exact) mass is 253 g/mol. The van der Waals surface area contributed by atoms with Gasteiger partial charge in [0.05, 0.1) is 12.4 Å². The molecule has 4 heteroatoms. The second-order valence-electron chi connectivity index (χ2n) is 4.57. The van der Waals surface area contributed by atoms with Crippen LogP contribution in [0.2, 0.25) is 0 Å². The molecule has 0 aromatic heterocycles. The minimum atomic E-state index is -0.747. The third-order valence-electron chi connectivity index (χ3n) is 3.24. The van der Waals surface area contributed by atoms with E-state index in [2.05, 4.69) is 12.2 Å². The van der Waals surface area contributed by atoms with E-state index in [0.29, 0.717) is 6.04 Å². The summed E-state index contributed by atoms with van der Waals surface area (Å²) >= 11 is 0. The number of hydrogen-bond donors (Lipinski definition) is 1. The number of rotatable bonds is 2. The molecule has 1 saturated heterocycles. The molecule has 4 atom stereocenters. The highest BCUT2D eigenvalue weighted by atomic mass is 32.2. The van der Waals surface area contributed by atoms with E-state index in [1.807, 2.05) is 31.2 Å². The number of methoxy groups -OCH3 is 1. The summed E-state index contributed by atoms with van der Waals surface area (Å²) in [6, 6.07) is 8.46. The number of benzene rings is 1. The van der Waals surface area contributed by atoms with Gasteiger partial charge >= 0.3 is 0 Å². The van der Waals surface area contributed by atoms with Gasteiger partial charge in [-0.15, -0.1) is 0 Å². The first-order chi connectivity index (χ1) is 8.11. The first kappa shape index (κ1) is 12.6. The lowest BCUT2D eigenvalue weighted by Crippen LogP contribution is -2.47.